The van der Waals surface area contributed by atoms with Crippen molar-refractivity contribution in [3.8, 4) is 0 Å². The minimum absolute atomic E-state index is 0.0144. The summed E-state index contributed by atoms with van der Waals surface area (Å²) in [4.78, 5) is 40.4. The molecule has 0 radical (unpaired) electrons. The van der Waals surface area contributed by atoms with Gasteiger partial charge in [-0.2, -0.15) is 0 Å². The third-order valence-electron chi connectivity index (χ3n) is 7.95. The zero-order valence-corrected chi connectivity index (χ0v) is 25.6. The summed E-state index contributed by atoms with van der Waals surface area (Å²) in [6.45, 7) is 23.7. The molecular formula is C24H44O9Si2. The molecule has 0 amide bonds. The molecule has 2 aliphatic heterocycles. The highest BCUT2D eigenvalue weighted by molar-refractivity contribution is 6.74. The lowest BCUT2D eigenvalue weighted by molar-refractivity contribution is -0.262. The molecular weight excluding hydrogens is 488 g/mol. The van der Waals surface area contributed by atoms with E-state index in [-0.39, 0.29) is 16.7 Å². The topological polar surface area (TPSA) is 107 Å². The molecule has 11 heteroatoms. The van der Waals surface area contributed by atoms with Crippen LogP contribution in [0.15, 0.2) is 0 Å². The summed E-state index contributed by atoms with van der Waals surface area (Å²) in [7, 11) is -3.92. The first kappa shape index (κ1) is 30.1. The molecule has 2 heterocycles. The van der Waals surface area contributed by atoms with Crippen LogP contribution in [0.2, 0.25) is 36.3 Å². The van der Waals surface area contributed by atoms with Crippen LogP contribution in [-0.2, 0) is 42.2 Å². The average Bonchev–Trinajstić information content (AvgIpc) is 3.00. The molecule has 5 atom stereocenters. The van der Waals surface area contributed by atoms with Gasteiger partial charge in [-0.1, -0.05) is 41.5 Å². The molecule has 9 nitrogen and oxygen atoms in total. The fourth-order valence-electron chi connectivity index (χ4n) is 3.72. The molecule has 0 aliphatic carbocycles. The SMILES string of the molecule is CCOC(=O)[C@@]12O[C@@](C)(O[C@@H]1C(=O)OC)[C@H](O[Si](C)(C)C(C)(C)C)[C@@H](O[Si](C)(C)C(C)(C)C)C2=O. The van der Waals surface area contributed by atoms with E-state index in [1.165, 1.54) is 0 Å². The summed E-state index contributed by atoms with van der Waals surface area (Å²) in [6, 6.07) is 0. The highest BCUT2D eigenvalue weighted by Gasteiger charge is 2.77. The van der Waals surface area contributed by atoms with E-state index in [0.717, 1.165) is 7.11 Å². The van der Waals surface area contributed by atoms with Crippen molar-refractivity contribution < 1.29 is 42.2 Å². The van der Waals surface area contributed by atoms with Crippen LogP contribution in [0.4, 0.5) is 0 Å². The first-order valence-corrected chi connectivity index (χ1v) is 18.0. The van der Waals surface area contributed by atoms with Crippen LogP contribution in [0.25, 0.3) is 0 Å². The van der Waals surface area contributed by atoms with Crippen molar-refractivity contribution >= 4 is 34.4 Å². The van der Waals surface area contributed by atoms with Crippen molar-refractivity contribution in [1.82, 2.24) is 0 Å². The van der Waals surface area contributed by atoms with Gasteiger partial charge in [0.2, 0.25) is 11.9 Å². The molecule has 0 unspecified atom stereocenters. The van der Waals surface area contributed by atoms with Crippen molar-refractivity contribution in [1.29, 1.82) is 0 Å². The normalized spacial score (nSPS) is 31.9. The zero-order chi connectivity index (χ0) is 27.4. The number of ether oxygens (including phenoxy) is 4. The molecule has 0 spiro atoms. The summed E-state index contributed by atoms with van der Waals surface area (Å²) in [5, 5.41) is -0.448. The van der Waals surface area contributed by atoms with Gasteiger partial charge in [-0.3, -0.25) is 4.79 Å². The van der Waals surface area contributed by atoms with E-state index >= 15 is 0 Å². The van der Waals surface area contributed by atoms with E-state index < -0.39 is 64.1 Å². The van der Waals surface area contributed by atoms with Gasteiger partial charge < -0.3 is 27.8 Å². The second kappa shape index (κ2) is 9.32. The Kier molecular flexibility index (Phi) is 8.02. The summed E-state index contributed by atoms with van der Waals surface area (Å²) < 4.78 is 35.7. The number of hydrogen-bond donors (Lipinski definition) is 0. The van der Waals surface area contributed by atoms with Crippen LogP contribution in [0.5, 0.6) is 0 Å². The molecule has 0 aromatic heterocycles. The van der Waals surface area contributed by atoms with E-state index in [1.807, 2.05) is 26.2 Å². The second-order valence-electron chi connectivity index (χ2n) is 12.6. The van der Waals surface area contributed by atoms with Crippen molar-refractivity contribution in [2.75, 3.05) is 13.7 Å². The predicted octanol–water partition coefficient (Wildman–Crippen LogP) is 3.96. The van der Waals surface area contributed by atoms with Crippen LogP contribution in [-0.4, -0.2) is 77.8 Å². The summed E-state index contributed by atoms with van der Waals surface area (Å²) >= 11 is 0. The van der Waals surface area contributed by atoms with Gasteiger partial charge in [-0.15, -0.1) is 0 Å². The third kappa shape index (κ3) is 5.04. The van der Waals surface area contributed by atoms with Crippen LogP contribution in [0.1, 0.15) is 55.4 Å². The molecule has 2 bridgehead atoms. The van der Waals surface area contributed by atoms with E-state index in [1.54, 1.807) is 13.8 Å². The Labute approximate surface area is 211 Å². The number of carbonyl (C=O) groups is 3. The number of carbonyl (C=O) groups excluding carboxylic acids is 3. The number of esters is 2. The highest BCUT2D eigenvalue weighted by atomic mass is 28.4. The molecule has 0 aromatic carbocycles. The van der Waals surface area contributed by atoms with Crippen molar-refractivity contribution in [3.63, 3.8) is 0 Å². The van der Waals surface area contributed by atoms with Gasteiger partial charge in [0.1, 0.15) is 12.2 Å². The number of methoxy groups -OCH3 is 1. The molecule has 2 aliphatic rings. The molecule has 202 valence electrons. The molecule has 35 heavy (non-hydrogen) atoms. The van der Waals surface area contributed by atoms with Crippen molar-refractivity contribution in [3.05, 3.63) is 0 Å². The fraction of sp³-hybridized carbons (Fsp3) is 0.875. The van der Waals surface area contributed by atoms with Gasteiger partial charge in [-0.25, -0.2) is 9.59 Å². The van der Waals surface area contributed by atoms with Crippen LogP contribution >= 0.6 is 0 Å². The zero-order valence-electron chi connectivity index (χ0n) is 23.6. The Bertz CT molecular complexity index is 858. The van der Waals surface area contributed by atoms with Crippen LogP contribution in [0, 0.1) is 0 Å². The number of hydrogen-bond acceptors (Lipinski definition) is 9. The largest absolute Gasteiger partial charge is 0.467 e. The maximum absolute atomic E-state index is 14.3. The average molecular weight is 533 g/mol. The Morgan fingerprint density at radius 1 is 0.971 bits per heavy atom. The summed E-state index contributed by atoms with van der Waals surface area (Å²) in [5.74, 6) is -4.29. The minimum Gasteiger partial charge on any atom is -0.467 e. The summed E-state index contributed by atoms with van der Waals surface area (Å²) in [6.07, 6.45) is -3.87. The monoisotopic (exact) mass is 532 g/mol. The Morgan fingerprint density at radius 2 is 1.46 bits per heavy atom. The van der Waals surface area contributed by atoms with Gasteiger partial charge in [0, 0.05) is 0 Å². The van der Waals surface area contributed by atoms with E-state index in [9.17, 15) is 14.4 Å². The lowest BCUT2D eigenvalue weighted by Gasteiger charge is -2.50. The quantitative estimate of drug-likeness (QED) is 0.274. The number of ketones is 1. The minimum atomic E-state index is -2.57. The first-order chi connectivity index (χ1) is 15.6. The van der Waals surface area contributed by atoms with Gasteiger partial charge >= 0.3 is 11.9 Å². The van der Waals surface area contributed by atoms with E-state index in [2.05, 4.69) is 41.5 Å². The molecule has 2 fully saturated rings. The van der Waals surface area contributed by atoms with Gasteiger partial charge in [-0.05, 0) is 50.1 Å². The van der Waals surface area contributed by atoms with Crippen molar-refractivity contribution in [2.24, 2.45) is 0 Å². The van der Waals surface area contributed by atoms with E-state index in [4.69, 9.17) is 27.8 Å². The molecule has 0 N–H and O–H groups in total. The van der Waals surface area contributed by atoms with Gasteiger partial charge in [0.25, 0.3) is 5.60 Å². The molecule has 2 saturated heterocycles. The fourth-order valence-corrected chi connectivity index (χ4v) is 6.27. The maximum atomic E-state index is 14.3. The van der Waals surface area contributed by atoms with Crippen molar-refractivity contribution in [2.45, 2.75) is 121 Å². The smallest absolute Gasteiger partial charge is 0.349 e. The Hall–Kier alpha value is -1.12. The van der Waals surface area contributed by atoms with E-state index in [0.29, 0.717) is 0 Å². The Morgan fingerprint density at radius 3 is 1.89 bits per heavy atom. The maximum Gasteiger partial charge on any atom is 0.349 e. The van der Waals surface area contributed by atoms with Crippen LogP contribution in [0.3, 0.4) is 0 Å². The van der Waals surface area contributed by atoms with Gasteiger partial charge in [0.15, 0.2) is 22.4 Å². The van der Waals surface area contributed by atoms with Crippen LogP contribution < -0.4 is 0 Å². The molecule has 0 aromatic rings. The Balaban J connectivity index is 2.76. The highest BCUT2D eigenvalue weighted by Crippen LogP contribution is 2.52. The summed E-state index contributed by atoms with van der Waals surface area (Å²) in [5.41, 5.74) is -2.35. The lowest BCUT2D eigenvalue weighted by atomic mass is 9.84. The number of fused-ring (bicyclic) bond motifs is 2. The molecule has 2 rings (SSSR count). The standard InChI is InChI=1S/C24H44O9Si2/c1-14-29-20(27)24-16(25)15(31-34(10,11)21(2,3)4)17(32-35(12,13)22(5,6)7)23(8,33-24)30-18(24)19(26)28-9/h15,17-18H,14H2,1-13H3/t15-,17+,18+,23+,24-/m0/s1. The second-order valence-corrected chi connectivity index (χ2v) is 22.1. The third-order valence-corrected chi connectivity index (χ3v) is 16.9. The van der Waals surface area contributed by atoms with Gasteiger partial charge in [0.05, 0.1) is 13.7 Å². The number of Topliss-reactive ketones (excluding diaryl/α,β-unsaturated/α-hetero) is 1. The molecule has 0 saturated carbocycles. The number of rotatable bonds is 7. The lowest BCUT2D eigenvalue weighted by Crippen LogP contribution is -2.71. The predicted molar refractivity (Wildman–Crippen MR) is 135 cm³/mol. The first-order valence-electron chi connectivity index (χ1n) is 12.1.